The standard InChI is InChI=1S/C59H43N3O/c1-36-25-30-51(47-22-12-17-37-13-4-7-19-45(37)47)60-59(42-28-29-46-41(31-42)27-26-38-14-5-6-18-44(38)46)61-58(36)43-34-54(57-49-21-9-11-24-55(49)63-56(57)35-43)62-52-23-10-8-20-48(52)50-32-39-15-2-3-16-40(39)33-53(50)62/h2-24,26-29,31-36,58-59,61H,25,30H2,1H3/b60-51+. The lowest BCUT2D eigenvalue weighted by Gasteiger charge is -2.33. The van der Waals surface area contributed by atoms with Crippen molar-refractivity contribution in [2.45, 2.75) is 32.0 Å². The largest absolute Gasteiger partial charge is 0.456 e. The second-order valence-electron chi connectivity index (χ2n) is 17.5. The molecule has 10 aromatic carbocycles. The Morgan fingerprint density at radius 1 is 0.492 bits per heavy atom. The fraction of sp³-hybridized carbons (Fsp3) is 0.102. The molecule has 3 atom stereocenters. The number of hydrogen-bond acceptors (Lipinski definition) is 3. The molecule has 3 heterocycles. The first-order valence-corrected chi connectivity index (χ1v) is 22.2. The Kier molecular flexibility index (Phi) is 8.19. The van der Waals surface area contributed by atoms with Gasteiger partial charge < -0.3 is 8.98 Å². The zero-order valence-electron chi connectivity index (χ0n) is 34.9. The summed E-state index contributed by atoms with van der Waals surface area (Å²) in [5, 5.41) is 18.9. The maximum absolute atomic E-state index is 6.85. The Hall–Kier alpha value is -7.53. The molecule has 0 spiro atoms. The van der Waals surface area contributed by atoms with Crippen LogP contribution in [0.15, 0.2) is 204 Å². The summed E-state index contributed by atoms with van der Waals surface area (Å²) in [7, 11) is 0. The van der Waals surface area contributed by atoms with Crippen LogP contribution in [0.4, 0.5) is 0 Å². The molecule has 2 aromatic heterocycles. The Morgan fingerprint density at radius 2 is 1.16 bits per heavy atom. The van der Waals surface area contributed by atoms with Crippen LogP contribution >= 0.6 is 0 Å². The van der Waals surface area contributed by atoms with Crippen molar-refractivity contribution < 1.29 is 4.42 Å². The minimum absolute atomic E-state index is 0.0367. The third-order valence-corrected chi connectivity index (χ3v) is 13.8. The molecular formula is C59H43N3O. The van der Waals surface area contributed by atoms with Crippen LogP contribution in [0.2, 0.25) is 0 Å². The molecule has 13 rings (SSSR count). The average Bonchev–Trinajstić information content (AvgIpc) is 3.87. The van der Waals surface area contributed by atoms with E-state index in [1.807, 2.05) is 0 Å². The van der Waals surface area contributed by atoms with Crippen molar-refractivity contribution in [3.05, 3.63) is 211 Å². The number of hydrogen-bond donors (Lipinski definition) is 1. The molecule has 1 aliphatic heterocycles. The van der Waals surface area contributed by atoms with Gasteiger partial charge in [-0.25, -0.2) is 0 Å². The van der Waals surface area contributed by atoms with E-state index < -0.39 is 0 Å². The zero-order valence-corrected chi connectivity index (χ0v) is 34.9. The third kappa shape index (κ3) is 5.82. The molecule has 1 aliphatic rings. The first-order valence-electron chi connectivity index (χ1n) is 22.2. The fourth-order valence-electron chi connectivity index (χ4n) is 10.7. The summed E-state index contributed by atoms with van der Waals surface area (Å²) in [4.78, 5) is 5.76. The summed E-state index contributed by atoms with van der Waals surface area (Å²) in [6, 6.07) is 70.9. The number of aliphatic imine (C=N–C) groups is 1. The summed E-state index contributed by atoms with van der Waals surface area (Å²) in [6.07, 6.45) is 1.52. The third-order valence-electron chi connectivity index (χ3n) is 13.8. The van der Waals surface area contributed by atoms with Gasteiger partial charge in [0.25, 0.3) is 0 Å². The SMILES string of the molecule is CC1CC/C(c2cccc3ccccc23)=N\C(c2ccc3c(ccc4ccccc43)c2)NC1c1cc(-n2c3ccccc3c3cc4ccccc4cc32)c2c(c1)oc1ccccc12. The molecule has 63 heavy (non-hydrogen) atoms. The summed E-state index contributed by atoms with van der Waals surface area (Å²) in [5.74, 6) is 0.258. The topological polar surface area (TPSA) is 42.5 Å². The average molecular weight is 810 g/mol. The van der Waals surface area contributed by atoms with E-state index in [0.29, 0.717) is 0 Å². The number of aromatic nitrogens is 1. The molecule has 300 valence electrons. The van der Waals surface area contributed by atoms with Crippen molar-refractivity contribution in [3.63, 3.8) is 0 Å². The molecule has 0 bridgehead atoms. The van der Waals surface area contributed by atoms with Gasteiger partial charge >= 0.3 is 0 Å². The number of para-hydroxylation sites is 2. The smallest absolute Gasteiger partial charge is 0.137 e. The molecule has 0 amide bonds. The molecule has 4 heteroatoms. The van der Waals surface area contributed by atoms with Crippen LogP contribution in [0.3, 0.4) is 0 Å². The van der Waals surface area contributed by atoms with E-state index in [4.69, 9.17) is 9.41 Å². The van der Waals surface area contributed by atoms with Gasteiger partial charge in [-0.2, -0.15) is 0 Å². The van der Waals surface area contributed by atoms with E-state index in [2.05, 4.69) is 211 Å². The number of rotatable bonds is 4. The second-order valence-corrected chi connectivity index (χ2v) is 17.5. The van der Waals surface area contributed by atoms with Crippen LogP contribution in [0.5, 0.6) is 0 Å². The van der Waals surface area contributed by atoms with Gasteiger partial charge in [-0.1, -0.05) is 159 Å². The zero-order chi connectivity index (χ0) is 41.6. The highest BCUT2D eigenvalue weighted by atomic mass is 16.3. The number of benzene rings is 10. The Bertz CT molecular complexity index is 3830. The molecule has 4 nitrogen and oxygen atoms in total. The van der Waals surface area contributed by atoms with Gasteiger partial charge in [0.15, 0.2) is 0 Å². The van der Waals surface area contributed by atoms with Crippen molar-refractivity contribution in [2.75, 3.05) is 0 Å². The van der Waals surface area contributed by atoms with Crippen molar-refractivity contribution >= 4 is 92.5 Å². The lowest BCUT2D eigenvalue weighted by molar-refractivity contribution is 0.328. The van der Waals surface area contributed by atoms with Crippen LogP contribution in [-0.4, -0.2) is 10.3 Å². The molecular weight excluding hydrogens is 767 g/mol. The van der Waals surface area contributed by atoms with Crippen molar-refractivity contribution in [3.8, 4) is 5.69 Å². The van der Waals surface area contributed by atoms with E-state index in [1.54, 1.807) is 0 Å². The maximum atomic E-state index is 6.85. The highest BCUT2D eigenvalue weighted by Gasteiger charge is 2.30. The summed E-state index contributed by atoms with van der Waals surface area (Å²) < 4.78 is 9.34. The summed E-state index contributed by atoms with van der Waals surface area (Å²) in [6.45, 7) is 2.41. The molecule has 3 unspecified atom stereocenters. The minimum atomic E-state index is -0.308. The summed E-state index contributed by atoms with van der Waals surface area (Å²) >= 11 is 0. The van der Waals surface area contributed by atoms with E-state index in [9.17, 15) is 0 Å². The highest BCUT2D eigenvalue weighted by Crippen LogP contribution is 2.43. The Morgan fingerprint density at radius 3 is 2.02 bits per heavy atom. The van der Waals surface area contributed by atoms with Gasteiger partial charge in [0, 0.05) is 33.5 Å². The second kappa shape index (κ2) is 14.3. The first-order chi connectivity index (χ1) is 31.1. The molecule has 12 aromatic rings. The molecule has 0 fully saturated rings. The first kappa shape index (κ1) is 36.2. The monoisotopic (exact) mass is 809 g/mol. The van der Waals surface area contributed by atoms with Crippen LogP contribution in [0.1, 0.15) is 48.7 Å². The Labute approximate surface area is 364 Å². The lowest BCUT2D eigenvalue weighted by atomic mass is 9.86. The van der Waals surface area contributed by atoms with Crippen molar-refractivity contribution in [1.82, 2.24) is 9.88 Å². The predicted molar refractivity (Wildman–Crippen MR) is 265 cm³/mol. The normalized spacial score (nSPS) is 18.2. The van der Waals surface area contributed by atoms with Gasteiger partial charge in [-0.15, -0.1) is 0 Å². The van der Waals surface area contributed by atoms with Crippen LogP contribution in [0, 0.1) is 5.92 Å². The van der Waals surface area contributed by atoms with E-state index in [0.717, 1.165) is 51.7 Å². The fourth-order valence-corrected chi connectivity index (χ4v) is 10.7. The van der Waals surface area contributed by atoms with Gasteiger partial charge in [0.05, 0.1) is 22.1 Å². The number of nitrogens with zero attached hydrogens (tertiary/aromatic N) is 2. The lowest BCUT2D eigenvalue weighted by Crippen LogP contribution is -2.33. The van der Waals surface area contributed by atoms with E-state index in [1.165, 1.54) is 76.0 Å². The quantitative estimate of drug-likeness (QED) is 0.180. The number of nitrogens with one attached hydrogen (secondary N) is 1. The van der Waals surface area contributed by atoms with Gasteiger partial charge in [-0.05, 0) is 115 Å². The summed E-state index contributed by atoms with van der Waals surface area (Å²) in [5.41, 5.74) is 9.95. The van der Waals surface area contributed by atoms with E-state index in [-0.39, 0.29) is 18.1 Å². The van der Waals surface area contributed by atoms with Crippen LogP contribution < -0.4 is 5.32 Å². The van der Waals surface area contributed by atoms with E-state index >= 15 is 0 Å². The minimum Gasteiger partial charge on any atom is -0.456 e. The molecule has 0 aliphatic carbocycles. The highest BCUT2D eigenvalue weighted by molar-refractivity contribution is 6.17. The number of furan rings is 1. The van der Waals surface area contributed by atoms with Crippen molar-refractivity contribution in [2.24, 2.45) is 10.9 Å². The van der Waals surface area contributed by atoms with Gasteiger partial charge in [-0.3, -0.25) is 10.3 Å². The Balaban J connectivity index is 1.04. The van der Waals surface area contributed by atoms with Gasteiger partial charge in [0.2, 0.25) is 0 Å². The van der Waals surface area contributed by atoms with Crippen molar-refractivity contribution in [1.29, 1.82) is 0 Å². The van der Waals surface area contributed by atoms with Gasteiger partial charge in [0.1, 0.15) is 17.3 Å². The molecule has 1 N–H and O–H groups in total. The molecule has 0 saturated heterocycles. The van der Waals surface area contributed by atoms with Crippen LogP contribution in [-0.2, 0) is 0 Å². The maximum Gasteiger partial charge on any atom is 0.137 e. The van der Waals surface area contributed by atoms with Crippen LogP contribution in [0.25, 0.3) is 92.5 Å². The number of fused-ring (bicyclic) bond motifs is 11. The molecule has 0 radical (unpaired) electrons. The molecule has 0 saturated carbocycles. The predicted octanol–water partition coefficient (Wildman–Crippen LogP) is 15.5.